The van der Waals surface area contributed by atoms with Gasteiger partial charge < -0.3 is 15.0 Å². The molecule has 9 heteroatoms. The second-order valence-electron chi connectivity index (χ2n) is 9.27. The molecule has 2 saturated heterocycles. The Morgan fingerprint density at radius 1 is 1.19 bits per heavy atom. The molecule has 3 amide bonds. The Bertz CT molecular complexity index is 1450. The van der Waals surface area contributed by atoms with Crippen LogP contribution in [-0.2, 0) is 33.9 Å². The summed E-state index contributed by atoms with van der Waals surface area (Å²) in [5.41, 5.74) is 0.794. The molecule has 3 heterocycles. The highest BCUT2D eigenvalue weighted by Gasteiger charge is 2.39. The van der Waals surface area contributed by atoms with E-state index in [2.05, 4.69) is 10.2 Å². The van der Waals surface area contributed by atoms with Gasteiger partial charge in [-0.2, -0.15) is 0 Å². The molecule has 2 aromatic rings. The van der Waals surface area contributed by atoms with Crippen molar-refractivity contribution in [2.24, 2.45) is 0 Å². The molecule has 3 unspecified atom stereocenters. The molecule has 0 bridgehead atoms. The Morgan fingerprint density at radius 3 is 2.72 bits per heavy atom. The van der Waals surface area contributed by atoms with Crippen LogP contribution >= 0.6 is 0 Å². The first-order valence-corrected chi connectivity index (χ1v) is 11.8. The van der Waals surface area contributed by atoms with E-state index in [0.29, 0.717) is 25.2 Å². The van der Waals surface area contributed by atoms with E-state index in [4.69, 9.17) is 13.0 Å². The number of ether oxygens (including phenoxy) is 1. The number of hydrogen-bond acceptors (Lipinski definition) is 6. The predicted octanol–water partition coefficient (Wildman–Crippen LogP) is 2.81. The van der Waals surface area contributed by atoms with E-state index in [1.54, 1.807) is 11.4 Å². The van der Waals surface area contributed by atoms with Gasteiger partial charge in [0.05, 0.1) is 14.9 Å². The van der Waals surface area contributed by atoms with Crippen molar-refractivity contribution in [2.45, 2.75) is 64.4 Å². The highest BCUT2D eigenvalue weighted by Crippen LogP contribution is 2.32. The number of benzene rings is 2. The summed E-state index contributed by atoms with van der Waals surface area (Å²) in [4.78, 5) is 40.9. The summed E-state index contributed by atoms with van der Waals surface area (Å²) in [6.07, 6.45) is -6.06. The number of imide groups is 1. The SMILES string of the molecule is [2H]C([2H])(Nc1cccc2c1CN(C1C(=O)NC(=O)C([2H])([2H])C1([2H])[2H])C2=O)c1ccc(CN2CC(C)OC(C)C2)cc1F. The molecule has 190 valence electrons. The minimum absolute atomic E-state index is 0.0432. The van der Waals surface area contributed by atoms with E-state index >= 15 is 4.39 Å². The third-order valence-corrected chi connectivity index (χ3v) is 6.38. The van der Waals surface area contributed by atoms with E-state index in [9.17, 15) is 14.4 Å². The summed E-state index contributed by atoms with van der Waals surface area (Å²) in [7, 11) is 0. The molecule has 36 heavy (non-hydrogen) atoms. The maximum absolute atomic E-state index is 15.3. The van der Waals surface area contributed by atoms with Crippen LogP contribution in [0.1, 0.15) is 61.9 Å². The molecule has 2 fully saturated rings. The van der Waals surface area contributed by atoms with E-state index in [0.717, 1.165) is 4.90 Å². The number of nitrogens with zero attached hydrogens (tertiary/aromatic N) is 2. The summed E-state index contributed by atoms with van der Waals surface area (Å²) in [6, 6.07) is 6.70. The topological polar surface area (TPSA) is 91.0 Å². The van der Waals surface area contributed by atoms with Gasteiger partial charge in [-0.3, -0.25) is 24.6 Å². The molecule has 3 aliphatic heterocycles. The lowest BCUT2D eigenvalue weighted by molar-refractivity contribution is -0.136. The van der Waals surface area contributed by atoms with E-state index in [1.807, 2.05) is 13.8 Å². The minimum Gasteiger partial charge on any atom is -0.381 e. The fraction of sp³-hybridized carbons (Fsp3) is 0.444. The summed E-state index contributed by atoms with van der Waals surface area (Å²) in [5, 5.41) is 4.45. The molecule has 0 aliphatic carbocycles. The van der Waals surface area contributed by atoms with Gasteiger partial charge in [0.25, 0.3) is 5.91 Å². The van der Waals surface area contributed by atoms with Crippen LogP contribution in [-0.4, -0.2) is 58.9 Å². The Morgan fingerprint density at radius 2 is 1.97 bits per heavy atom. The lowest BCUT2D eigenvalue weighted by Crippen LogP contribution is -2.52. The molecule has 5 rings (SSSR count). The minimum atomic E-state index is -3.10. The summed E-state index contributed by atoms with van der Waals surface area (Å²) in [5.74, 6) is -4.14. The normalized spacial score (nSPS) is 30.2. The molecule has 2 N–H and O–H groups in total. The number of piperidine rings is 1. The monoisotopic (exact) mass is 500 g/mol. The first kappa shape index (κ1) is 18.0. The lowest BCUT2D eigenvalue weighted by atomic mass is 10.0. The summed E-state index contributed by atoms with van der Waals surface area (Å²) < 4.78 is 70.6. The van der Waals surface area contributed by atoms with Crippen molar-refractivity contribution in [1.29, 1.82) is 0 Å². The fourth-order valence-electron chi connectivity index (χ4n) is 4.88. The molecule has 3 atom stereocenters. The molecule has 0 radical (unpaired) electrons. The predicted molar refractivity (Wildman–Crippen MR) is 131 cm³/mol. The largest absolute Gasteiger partial charge is 0.381 e. The van der Waals surface area contributed by atoms with Crippen molar-refractivity contribution in [3.05, 3.63) is 64.5 Å². The Balaban J connectivity index is 1.37. The van der Waals surface area contributed by atoms with Crippen molar-refractivity contribution in [3.63, 3.8) is 0 Å². The number of halogens is 1. The first-order chi connectivity index (χ1) is 19.5. The van der Waals surface area contributed by atoms with Crippen molar-refractivity contribution in [1.82, 2.24) is 15.1 Å². The van der Waals surface area contributed by atoms with Crippen LogP contribution in [0, 0.1) is 5.82 Å². The number of nitrogens with one attached hydrogen (secondary N) is 2. The standard InChI is InChI=1S/C27H31FN4O4/c1-16-12-31(13-17(2)36-16)14-18-6-7-19(22(28)10-18)11-29-23-5-3-4-20-21(23)15-32(27(20)35)24-8-9-25(33)30-26(24)34/h3-7,10,16-17,24,29H,8-9,11-15H2,1-2H3,(H,30,33,34)/i8D2,9D2,11D2. The average molecular weight is 501 g/mol. The van der Waals surface area contributed by atoms with Crippen LogP contribution in [0.25, 0.3) is 0 Å². The number of anilines is 1. The average Bonchev–Trinajstić information content (AvgIpc) is 3.19. The molecule has 0 saturated carbocycles. The number of morpholine rings is 1. The smallest absolute Gasteiger partial charge is 0.255 e. The highest BCUT2D eigenvalue weighted by molar-refractivity contribution is 6.06. The van der Waals surface area contributed by atoms with Crippen LogP contribution in [0.4, 0.5) is 10.1 Å². The molecular formula is C27H31FN4O4. The number of carbonyl (C=O) groups excluding carboxylic acids is 3. The van der Waals surface area contributed by atoms with Crippen molar-refractivity contribution >= 4 is 23.4 Å². The molecule has 2 aromatic carbocycles. The number of carbonyl (C=O) groups is 3. The van der Waals surface area contributed by atoms with Crippen LogP contribution < -0.4 is 10.6 Å². The summed E-state index contributed by atoms with van der Waals surface area (Å²) in [6.45, 7) is 2.99. The number of fused-ring (bicyclic) bond motifs is 1. The van der Waals surface area contributed by atoms with Crippen LogP contribution in [0.2, 0.25) is 0 Å². The van der Waals surface area contributed by atoms with E-state index < -0.39 is 48.8 Å². The third kappa shape index (κ3) is 4.99. The molecule has 0 aromatic heterocycles. The van der Waals surface area contributed by atoms with Gasteiger partial charge in [-0.25, -0.2) is 4.39 Å². The number of rotatable bonds is 6. The van der Waals surface area contributed by atoms with Gasteiger partial charge >= 0.3 is 0 Å². The zero-order valence-corrected chi connectivity index (χ0v) is 19.9. The van der Waals surface area contributed by atoms with Crippen LogP contribution in [0.15, 0.2) is 36.4 Å². The fourth-order valence-corrected chi connectivity index (χ4v) is 4.88. The molecule has 8 nitrogen and oxygen atoms in total. The second-order valence-corrected chi connectivity index (χ2v) is 9.27. The zero-order chi connectivity index (χ0) is 30.8. The second kappa shape index (κ2) is 9.99. The zero-order valence-electron chi connectivity index (χ0n) is 25.9. The Hall–Kier alpha value is -3.30. The van der Waals surface area contributed by atoms with E-state index in [-0.39, 0.29) is 41.1 Å². The van der Waals surface area contributed by atoms with Gasteiger partial charge in [-0.05, 0) is 44.0 Å². The van der Waals surface area contributed by atoms with Gasteiger partial charge in [0, 0.05) is 66.9 Å². The number of hydrogen-bond donors (Lipinski definition) is 2. The van der Waals surface area contributed by atoms with Crippen molar-refractivity contribution < 1.29 is 31.7 Å². The van der Waals surface area contributed by atoms with Gasteiger partial charge in [-0.1, -0.05) is 18.2 Å². The van der Waals surface area contributed by atoms with Crippen molar-refractivity contribution in [3.8, 4) is 0 Å². The van der Waals surface area contributed by atoms with Gasteiger partial charge in [0.2, 0.25) is 11.8 Å². The van der Waals surface area contributed by atoms with E-state index in [1.165, 1.54) is 30.3 Å². The maximum atomic E-state index is 15.3. The highest BCUT2D eigenvalue weighted by atomic mass is 19.1. The maximum Gasteiger partial charge on any atom is 0.255 e. The summed E-state index contributed by atoms with van der Waals surface area (Å²) >= 11 is 0. The Labute approximate surface area is 218 Å². The van der Waals surface area contributed by atoms with Gasteiger partial charge in [0.1, 0.15) is 11.9 Å². The van der Waals surface area contributed by atoms with Crippen molar-refractivity contribution in [2.75, 3.05) is 18.4 Å². The van der Waals surface area contributed by atoms with Gasteiger partial charge in [-0.15, -0.1) is 0 Å². The third-order valence-electron chi connectivity index (χ3n) is 6.38. The first-order valence-electron chi connectivity index (χ1n) is 14.8. The number of amides is 3. The van der Waals surface area contributed by atoms with Gasteiger partial charge in [0.15, 0.2) is 0 Å². The van der Waals surface area contributed by atoms with Crippen LogP contribution in [0.3, 0.4) is 0 Å². The Kier molecular flexibility index (Phi) is 5.00. The lowest BCUT2D eigenvalue weighted by Gasteiger charge is -2.35. The quantitative estimate of drug-likeness (QED) is 0.593. The molecular weight excluding hydrogens is 463 g/mol. The van der Waals surface area contributed by atoms with Crippen LogP contribution in [0.5, 0.6) is 0 Å². The molecule has 0 spiro atoms. The molecule has 3 aliphatic rings.